The van der Waals surface area contributed by atoms with Gasteiger partial charge in [-0.2, -0.15) is 5.26 Å². The summed E-state index contributed by atoms with van der Waals surface area (Å²) in [6.07, 6.45) is 0. The first-order chi connectivity index (χ1) is 22.3. The van der Waals surface area contributed by atoms with Gasteiger partial charge in [-0.1, -0.05) is 133 Å². The quantitative estimate of drug-likeness (QED) is 0.200. The number of nitrogens with zero attached hydrogens (tertiary/aromatic N) is 3. The number of aromatic nitrogens is 2. The first-order valence-electron chi connectivity index (χ1n) is 14.8. The van der Waals surface area contributed by atoms with Crippen LogP contribution >= 0.6 is 11.3 Å². The molecule has 2 heterocycles. The van der Waals surface area contributed by atoms with Crippen LogP contribution < -0.4 is 0 Å². The molecule has 0 N–H and O–H groups in total. The van der Waals surface area contributed by atoms with Crippen molar-refractivity contribution in [3.05, 3.63) is 157 Å². The molecule has 0 unspecified atom stereocenters. The topological polar surface area (TPSA) is 49.6 Å². The largest absolute Gasteiger partial charge is 0.227 e. The maximum absolute atomic E-state index is 10.4. The van der Waals surface area contributed by atoms with Crippen molar-refractivity contribution in [3.63, 3.8) is 0 Å². The zero-order valence-corrected chi connectivity index (χ0v) is 25.0. The molecule has 45 heavy (non-hydrogen) atoms. The maximum atomic E-state index is 10.4. The second kappa shape index (κ2) is 11.3. The predicted molar refractivity (Wildman–Crippen MR) is 187 cm³/mol. The van der Waals surface area contributed by atoms with E-state index in [0.29, 0.717) is 22.8 Å². The third kappa shape index (κ3) is 4.86. The molecular formula is C41H25N3S. The monoisotopic (exact) mass is 591 g/mol. The number of fused-ring (bicyclic) bond motifs is 3. The molecule has 0 aliphatic heterocycles. The summed E-state index contributed by atoms with van der Waals surface area (Å²) in [7, 11) is 0. The molecular weight excluding hydrogens is 567 g/mol. The van der Waals surface area contributed by atoms with E-state index in [9.17, 15) is 5.26 Å². The van der Waals surface area contributed by atoms with E-state index < -0.39 is 0 Å². The Morgan fingerprint density at radius 1 is 0.467 bits per heavy atom. The Morgan fingerprint density at radius 3 is 1.73 bits per heavy atom. The Labute approximate surface area is 265 Å². The third-order valence-corrected chi connectivity index (χ3v) is 9.37. The summed E-state index contributed by atoms with van der Waals surface area (Å²) in [5.41, 5.74) is 8.94. The minimum absolute atomic E-state index is 0.461. The first kappa shape index (κ1) is 26.7. The molecule has 6 aromatic carbocycles. The highest BCUT2D eigenvalue weighted by Crippen LogP contribution is 2.41. The number of hydrogen-bond donors (Lipinski definition) is 0. The van der Waals surface area contributed by atoms with Crippen LogP contribution in [-0.4, -0.2) is 9.97 Å². The van der Waals surface area contributed by atoms with Gasteiger partial charge in [0.1, 0.15) is 11.6 Å². The van der Waals surface area contributed by atoms with E-state index in [2.05, 4.69) is 84.9 Å². The smallest absolute Gasteiger partial charge is 0.160 e. The average Bonchev–Trinajstić information content (AvgIpc) is 3.51. The summed E-state index contributed by atoms with van der Waals surface area (Å²) in [6, 6.07) is 54.4. The van der Waals surface area contributed by atoms with Crippen LogP contribution in [0.4, 0.5) is 0 Å². The molecule has 0 amide bonds. The zero-order valence-electron chi connectivity index (χ0n) is 24.2. The van der Waals surface area contributed by atoms with Crippen LogP contribution in [0.5, 0.6) is 0 Å². The summed E-state index contributed by atoms with van der Waals surface area (Å²) in [5, 5.41) is 13.0. The summed E-state index contributed by atoms with van der Waals surface area (Å²) >= 11 is 1.84. The molecule has 0 saturated heterocycles. The number of hydrogen-bond acceptors (Lipinski definition) is 4. The molecule has 8 rings (SSSR count). The van der Waals surface area contributed by atoms with E-state index >= 15 is 0 Å². The molecule has 2 aromatic heterocycles. The van der Waals surface area contributed by atoms with Crippen LogP contribution in [0.3, 0.4) is 0 Å². The molecule has 0 aliphatic carbocycles. The van der Waals surface area contributed by atoms with Crippen LogP contribution in [-0.2, 0) is 0 Å². The highest BCUT2D eigenvalue weighted by molar-refractivity contribution is 7.26. The lowest BCUT2D eigenvalue weighted by atomic mass is 9.95. The van der Waals surface area contributed by atoms with Crippen molar-refractivity contribution in [1.82, 2.24) is 9.97 Å². The molecule has 0 atom stereocenters. The lowest BCUT2D eigenvalue weighted by molar-refractivity contribution is 1.17. The number of nitriles is 1. The number of benzene rings is 6. The van der Waals surface area contributed by atoms with Gasteiger partial charge < -0.3 is 0 Å². The molecule has 0 spiro atoms. The highest BCUT2D eigenvalue weighted by atomic mass is 32.1. The molecule has 0 saturated carbocycles. The molecule has 0 fully saturated rings. The minimum Gasteiger partial charge on any atom is -0.227 e. The normalized spacial score (nSPS) is 11.1. The maximum Gasteiger partial charge on any atom is 0.160 e. The molecule has 0 bridgehead atoms. The van der Waals surface area contributed by atoms with Crippen LogP contribution in [0.1, 0.15) is 5.56 Å². The van der Waals surface area contributed by atoms with Gasteiger partial charge in [-0.15, -0.1) is 11.3 Å². The average molecular weight is 592 g/mol. The Kier molecular flexibility index (Phi) is 6.72. The van der Waals surface area contributed by atoms with Crippen molar-refractivity contribution in [3.8, 4) is 62.2 Å². The van der Waals surface area contributed by atoms with Gasteiger partial charge in [0.05, 0.1) is 11.4 Å². The number of thiophene rings is 1. The van der Waals surface area contributed by atoms with Gasteiger partial charge >= 0.3 is 0 Å². The van der Waals surface area contributed by atoms with Crippen molar-refractivity contribution in [2.24, 2.45) is 0 Å². The number of rotatable bonds is 5. The Hall–Kier alpha value is -5.89. The van der Waals surface area contributed by atoms with Gasteiger partial charge in [-0.05, 0) is 40.5 Å². The fraction of sp³-hybridized carbons (Fsp3) is 0. The lowest BCUT2D eigenvalue weighted by Crippen LogP contribution is -2.01. The van der Waals surface area contributed by atoms with Crippen molar-refractivity contribution in [1.29, 1.82) is 5.26 Å². The van der Waals surface area contributed by atoms with Crippen molar-refractivity contribution < 1.29 is 0 Å². The van der Waals surface area contributed by atoms with E-state index in [1.54, 1.807) is 0 Å². The van der Waals surface area contributed by atoms with Gasteiger partial charge in [0.2, 0.25) is 0 Å². The Bertz CT molecular complexity index is 2390. The van der Waals surface area contributed by atoms with Crippen molar-refractivity contribution in [2.45, 2.75) is 0 Å². The van der Waals surface area contributed by atoms with Gasteiger partial charge in [0.15, 0.2) is 5.82 Å². The standard InChI is InChI=1S/C41H25N3S/c42-26-36-38(27-12-3-1-4-13-27)43-41(28-14-5-2-6-15-28)44-39(36)32-19-10-17-30(25-32)29-16-9-18-31(24-29)33-21-11-22-35-34-20-7-8-23-37(34)45-40(33)35/h1-25H. The fourth-order valence-electron chi connectivity index (χ4n) is 5.98. The second-order valence-electron chi connectivity index (χ2n) is 10.9. The Morgan fingerprint density at radius 2 is 1.00 bits per heavy atom. The molecule has 210 valence electrons. The van der Waals surface area contributed by atoms with Crippen LogP contribution in [0.25, 0.3) is 76.3 Å². The van der Waals surface area contributed by atoms with E-state index in [1.165, 1.54) is 31.3 Å². The van der Waals surface area contributed by atoms with Crippen LogP contribution in [0.2, 0.25) is 0 Å². The van der Waals surface area contributed by atoms with E-state index in [4.69, 9.17) is 9.97 Å². The second-order valence-corrected chi connectivity index (χ2v) is 12.0. The van der Waals surface area contributed by atoms with E-state index in [-0.39, 0.29) is 0 Å². The highest BCUT2D eigenvalue weighted by Gasteiger charge is 2.19. The summed E-state index contributed by atoms with van der Waals surface area (Å²) in [6.45, 7) is 0. The van der Waals surface area contributed by atoms with Crippen molar-refractivity contribution in [2.75, 3.05) is 0 Å². The fourth-order valence-corrected chi connectivity index (χ4v) is 7.22. The predicted octanol–water partition coefficient (Wildman–Crippen LogP) is 11.1. The SMILES string of the molecule is N#Cc1c(-c2ccccc2)nc(-c2ccccc2)nc1-c1cccc(-c2cccc(-c3cccc4c3sc3ccccc34)c2)c1. The summed E-state index contributed by atoms with van der Waals surface area (Å²) in [4.78, 5) is 9.90. The van der Waals surface area contributed by atoms with Gasteiger partial charge in [0.25, 0.3) is 0 Å². The van der Waals surface area contributed by atoms with Gasteiger partial charge in [0, 0.05) is 36.9 Å². The molecule has 0 aliphatic rings. The van der Waals surface area contributed by atoms with Crippen LogP contribution in [0.15, 0.2) is 152 Å². The molecule has 3 nitrogen and oxygen atoms in total. The van der Waals surface area contributed by atoms with Gasteiger partial charge in [-0.3, -0.25) is 0 Å². The first-order valence-corrected chi connectivity index (χ1v) is 15.6. The van der Waals surface area contributed by atoms with E-state index in [0.717, 1.165) is 27.8 Å². The summed E-state index contributed by atoms with van der Waals surface area (Å²) in [5.74, 6) is 0.590. The molecule has 8 aromatic rings. The lowest BCUT2D eigenvalue weighted by Gasteiger charge is -2.13. The van der Waals surface area contributed by atoms with Gasteiger partial charge in [-0.25, -0.2) is 9.97 Å². The minimum atomic E-state index is 0.461. The zero-order chi connectivity index (χ0) is 30.2. The Balaban J connectivity index is 1.27. The van der Waals surface area contributed by atoms with Crippen molar-refractivity contribution >= 4 is 31.5 Å². The van der Waals surface area contributed by atoms with E-state index in [1.807, 2.05) is 84.1 Å². The molecule has 0 radical (unpaired) electrons. The molecule has 4 heteroatoms. The van der Waals surface area contributed by atoms with Crippen LogP contribution in [0, 0.1) is 11.3 Å². The third-order valence-electron chi connectivity index (χ3n) is 8.15. The summed E-state index contributed by atoms with van der Waals surface area (Å²) < 4.78 is 2.60.